The average Bonchev–Trinajstić information content (AvgIpc) is 2.55. The van der Waals surface area contributed by atoms with Gasteiger partial charge in [-0.2, -0.15) is 0 Å². The molecule has 0 fully saturated rings. The van der Waals surface area contributed by atoms with Crippen LogP contribution in [0.2, 0.25) is 0 Å². The van der Waals surface area contributed by atoms with Gasteiger partial charge >= 0.3 is 0 Å². The van der Waals surface area contributed by atoms with Crippen LogP contribution in [0.3, 0.4) is 0 Å². The SMILES string of the molecule is C=Cc1ccc(F)cc1F.O=S=CC(=O)C=Cc1ccc(F)cc1F. The molecule has 0 aliphatic rings. The quantitative estimate of drug-likeness (QED) is 0.461. The van der Waals surface area contributed by atoms with Crippen molar-refractivity contribution in [3.8, 4) is 0 Å². The molecule has 25 heavy (non-hydrogen) atoms. The lowest BCUT2D eigenvalue weighted by atomic mass is 10.2. The fraction of sp³-hybridized carbons (Fsp3) is 0. The molecule has 0 radical (unpaired) electrons. The van der Waals surface area contributed by atoms with Crippen LogP contribution in [-0.4, -0.2) is 15.4 Å². The molecular formula is C18H12F4O2S. The Hall–Kier alpha value is -2.80. The summed E-state index contributed by atoms with van der Waals surface area (Å²) in [5, 5.41) is 0.845. The minimum atomic E-state index is -0.756. The van der Waals surface area contributed by atoms with E-state index in [0.717, 1.165) is 29.6 Å². The second-order valence-corrected chi connectivity index (χ2v) is 4.91. The van der Waals surface area contributed by atoms with Crippen LogP contribution >= 0.6 is 0 Å². The molecule has 0 spiro atoms. The van der Waals surface area contributed by atoms with Gasteiger partial charge in [-0.1, -0.05) is 12.7 Å². The van der Waals surface area contributed by atoms with E-state index in [1.54, 1.807) is 0 Å². The van der Waals surface area contributed by atoms with Crippen LogP contribution in [0.4, 0.5) is 17.6 Å². The van der Waals surface area contributed by atoms with Crippen molar-refractivity contribution in [3.05, 3.63) is 83.4 Å². The summed E-state index contributed by atoms with van der Waals surface area (Å²) in [6.07, 6.45) is 3.57. The molecule has 0 bridgehead atoms. The van der Waals surface area contributed by atoms with E-state index in [2.05, 4.69) is 6.58 Å². The molecule has 2 aromatic rings. The van der Waals surface area contributed by atoms with Gasteiger partial charge in [-0.25, -0.2) is 21.8 Å². The first kappa shape index (κ1) is 20.2. The molecule has 0 aromatic heterocycles. The van der Waals surface area contributed by atoms with Gasteiger partial charge in [0.25, 0.3) is 0 Å². The summed E-state index contributed by atoms with van der Waals surface area (Å²) in [7, 11) is 0. The van der Waals surface area contributed by atoms with Crippen molar-refractivity contribution in [2.24, 2.45) is 0 Å². The van der Waals surface area contributed by atoms with Gasteiger partial charge in [0, 0.05) is 23.3 Å². The van der Waals surface area contributed by atoms with E-state index in [0.29, 0.717) is 5.56 Å². The van der Waals surface area contributed by atoms with Gasteiger partial charge < -0.3 is 0 Å². The molecule has 0 N–H and O–H groups in total. The molecule has 2 aromatic carbocycles. The zero-order valence-electron chi connectivity index (χ0n) is 12.7. The highest BCUT2D eigenvalue weighted by Gasteiger charge is 2.00. The molecule has 2 nitrogen and oxygen atoms in total. The molecular weight excluding hydrogens is 356 g/mol. The van der Waals surface area contributed by atoms with Crippen molar-refractivity contribution in [1.29, 1.82) is 0 Å². The summed E-state index contributed by atoms with van der Waals surface area (Å²) >= 11 is 0.0220. The van der Waals surface area contributed by atoms with E-state index in [9.17, 15) is 26.6 Å². The monoisotopic (exact) mass is 368 g/mol. The molecule has 0 heterocycles. The van der Waals surface area contributed by atoms with Crippen molar-refractivity contribution in [2.75, 3.05) is 0 Å². The average molecular weight is 368 g/mol. The number of carbonyl (C=O) groups excluding carboxylic acids is 1. The maximum atomic E-state index is 13.0. The Bertz CT molecular complexity index is 856. The smallest absolute Gasteiger partial charge is 0.191 e. The summed E-state index contributed by atoms with van der Waals surface area (Å²) < 4.78 is 60.2. The Morgan fingerprint density at radius 2 is 1.44 bits per heavy atom. The predicted octanol–water partition coefficient (Wildman–Crippen LogP) is 4.17. The molecule has 2 rings (SSSR count). The van der Waals surface area contributed by atoms with Crippen LogP contribution in [0.15, 0.2) is 49.1 Å². The summed E-state index contributed by atoms with van der Waals surface area (Å²) in [6.45, 7) is 3.36. The normalized spacial score (nSPS) is 9.92. The molecule has 0 atom stereocenters. The molecule has 0 saturated carbocycles. The molecule has 130 valence electrons. The predicted molar refractivity (Wildman–Crippen MR) is 91.1 cm³/mol. The highest BCUT2D eigenvalue weighted by molar-refractivity contribution is 7.66. The fourth-order valence-corrected chi connectivity index (χ4v) is 1.74. The highest BCUT2D eigenvalue weighted by atomic mass is 32.1. The maximum absolute atomic E-state index is 13.0. The fourth-order valence-electron chi connectivity index (χ4n) is 1.56. The highest BCUT2D eigenvalue weighted by Crippen LogP contribution is 2.11. The number of allylic oxidation sites excluding steroid dienone is 1. The van der Waals surface area contributed by atoms with Gasteiger partial charge in [-0.3, -0.25) is 4.79 Å². The molecule has 7 heteroatoms. The van der Waals surface area contributed by atoms with E-state index in [4.69, 9.17) is 0 Å². The minimum Gasteiger partial charge on any atom is -0.289 e. The van der Waals surface area contributed by atoms with Gasteiger partial charge in [-0.15, -0.1) is 0 Å². The Morgan fingerprint density at radius 1 is 0.920 bits per heavy atom. The standard InChI is InChI=1S/C10H6F2O2S.C8H6F2/c11-8-3-1-7(10(12)5-8)2-4-9(13)6-15-14;1-2-6-3-4-7(9)5-8(6)10/h1-6H;2-5H,1H2. The Kier molecular flexibility index (Phi) is 8.22. The largest absolute Gasteiger partial charge is 0.289 e. The van der Waals surface area contributed by atoms with Gasteiger partial charge in [0.1, 0.15) is 23.3 Å². The van der Waals surface area contributed by atoms with E-state index < -0.39 is 29.1 Å². The first-order valence-corrected chi connectivity index (χ1v) is 7.54. The first-order valence-electron chi connectivity index (χ1n) is 6.73. The lowest BCUT2D eigenvalue weighted by Crippen LogP contribution is -1.92. The number of hydrogen-bond acceptors (Lipinski definition) is 2. The number of halogens is 4. The number of carbonyl (C=O) groups is 1. The van der Waals surface area contributed by atoms with Gasteiger partial charge in [0.2, 0.25) is 0 Å². The number of ketones is 1. The van der Waals surface area contributed by atoms with Gasteiger partial charge in [0.05, 0.1) is 16.6 Å². The van der Waals surface area contributed by atoms with Crippen LogP contribution in [0, 0.1) is 23.3 Å². The lowest BCUT2D eigenvalue weighted by Gasteiger charge is -1.95. The first-order chi connectivity index (χ1) is 11.9. The van der Waals surface area contributed by atoms with Crippen molar-refractivity contribution >= 4 is 34.6 Å². The summed E-state index contributed by atoms with van der Waals surface area (Å²) in [5.74, 6) is -3.11. The maximum Gasteiger partial charge on any atom is 0.191 e. The lowest BCUT2D eigenvalue weighted by molar-refractivity contribution is -0.108. The zero-order valence-corrected chi connectivity index (χ0v) is 13.5. The summed E-state index contributed by atoms with van der Waals surface area (Å²) in [5.41, 5.74) is 0.412. The van der Waals surface area contributed by atoms with Crippen LogP contribution in [-0.2, 0) is 16.1 Å². The van der Waals surface area contributed by atoms with Crippen LogP contribution in [0.1, 0.15) is 11.1 Å². The molecule has 0 amide bonds. The van der Waals surface area contributed by atoms with Crippen molar-refractivity contribution in [3.63, 3.8) is 0 Å². The van der Waals surface area contributed by atoms with E-state index in [1.807, 2.05) is 0 Å². The van der Waals surface area contributed by atoms with Crippen molar-refractivity contribution < 1.29 is 26.6 Å². The molecule has 0 aliphatic carbocycles. The second-order valence-electron chi connectivity index (χ2n) is 4.49. The zero-order chi connectivity index (χ0) is 18.8. The number of benzene rings is 2. The number of rotatable bonds is 4. The minimum absolute atomic E-state index is 0.0220. The van der Waals surface area contributed by atoms with E-state index in [-0.39, 0.29) is 16.8 Å². The van der Waals surface area contributed by atoms with E-state index in [1.165, 1.54) is 30.4 Å². The second kappa shape index (κ2) is 10.1. The third-order valence-electron chi connectivity index (χ3n) is 2.74. The molecule has 0 saturated heterocycles. The van der Waals surface area contributed by atoms with Gasteiger partial charge in [-0.05, 0) is 36.4 Å². The van der Waals surface area contributed by atoms with Crippen molar-refractivity contribution in [1.82, 2.24) is 0 Å². The van der Waals surface area contributed by atoms with Crippen molar-refractivity contribution in [2.45, 2.75) is 0 Å². The van der Waals surface area contributed by atoms with Gasteiger partial charge in [0.15, 0.2) is 5.78 Å². The Morgan fingerprint density at radius 3 is 1.88 bits per heavy atom. The third kappa shape index (κ3) is 7.09. The third-order valence-corrected chi connectivity index (χ3v) is 3.06. The Labute approximate surface area is 145 Å². The van der Waals surface area contributed by atoms with E-state index >= 15 is 0 Å². The number of hydrogen-bond donors (Lipinski definition) is 0. The van der Waals surface area contributed by atoms with Crippen LogP contribution in [0.5, 0.6) is 0 Å². The summed E-state index contributed by atoms with van der Waals surface area (Å²) in [4.78, 5) is 10.8. The summed E-state index contributed by atoms with van der Waals surface area (Å²) in [6, 6.07) is 6.38. The van der Waals surface area contributed by atoms with Crippen LogP contribution < -0.4 is 0 Å². The molecule has 0 aliphatic heterocycles. The molecule has 0 unspecified atom stereocenters. The Balaban J connectivity index is 0.000000271. The van der Waals surface area contributed by atoms with Crippen LogP contribution in [0.25, 0.3) is 12.2 Å². The topological polar surface area (TPSA) is 34.1 Å².